The number of aromatic nitrogens is 2. The molecule has 0 saturated carbocycles. The summed E-state index contributed by atoms with van der Waals surface area (Å²) in [5, 5.41) is 3.51. The van der Waals surface area contributed by atoms with Crippen molar-refractivity contribution in [2.75, 3.05) is 5.32 Å². The fraction of sp³-hybridized carbons (Fsp3) is 0.0500. The largest absolute Gasteiger partial charge is 0.339 e. The third-order valence-electron chi connectivity index (χ3n) is 3.89. The number of fused-ring (bicyclic) bond motifs is 1. The molecule has 4 aromatic rings. The lowest BCUT2D eigenvalue weighted by Crippen LogP contribution is -1.96. The van der Waals surface area contributed by atoms with Crippen molar-refractivity contribution in [1.82, 2.24) is 9.38 Å². The van der Waals surface area contributed by atoms with Gasteiger partial charge < -0.3 is 5.32 Å². The number of benzene rings is 2. The van der Waals surface area contributed by atoms with Crippen molar-refractivity contribution < 1.29 is 0 Å². The number of imidazole rings is 1. The molecule has 0 unspecified atom stereocenters. The second-order valence-electron chi connectivity index (χ2n) is 5.59. The predicted molar refractivity (Wildman–Crippen MR) is 95.1 cm³/mol. The fourth-order valence-electron chi connectivity index (χ4n) is 2.69. The summed E-state index contributed by atoms with van der Waals surface area (Å²) in [5.41, 5.74) is 5.29. The van der Waals surface area contributed by atoms with E-state index in [1.54, 1.807) is 0 Å². The molecule has 3 nitrogen and oxygen atoms in total. The second-order valence-corrected chi connectivity index (χ2v) is 5.59. The van der Waals surface area contributed by atoms with Gasteiger partial charge in [-0.2, -0.15) is 0 Å². The van der Waals surface area contributed by atoms with Crippen LogP contribution >= 0.6 is 0 Å². The summed E-state index contributed by atoms with van der Waals surface area (Å²) in [4.78, 5) is 4.81. The van der Waals surface area contributed by atoms with Crippen LogP contribution in [0, 0.1) is 6.92 Å². The summed E-state index contributed by atoms with van der Waals surface area (Å²) in [6.45, 7) is 2.09. The molecule has 3 heteroatoms. The first-order valence-corrected chi connectivity index (χ1v) is 7.67. The summed E-state index contributed by atoms with van der Waals surface area (Å²) in [5.74, 6) is 0.982. The first kappa shape index (κ1) is 13.6. The maximum atomic E-state index is 4.81. The van der Waals surface area contributed by atoms with E-state index in [1.165, 1.54) is 5.56 Å². The Morgan fingerprint density at radius 3 is 2.35 bits per heavy atom. The van der Waals surface area contributed by atoms with Gasteiger partial charge in [-0.15, -0.1) is 0 Å². The van der Waals surface area contributed by atoms with Crippen molar-refractivity contribution in [1.29, 1.82) is 0 Å². The highest BCUT2D eigenvalue weighted by atomic mass is 15.1. The molecule has 0 aliphatic carbocycles. The van der Waals surface area contributed by atoms with Crippen molar-refractivity contribution in [2.24, 2.45) is 0 Å². The number of anilines is 2. The van der Waals surface area contributed by atoms with E-state index in [2.05, 4.69) is 53.0 Å². The van der Waals surface area contributed by atoms with E-state index < -0.39 is 0 Å². The lowest BCUT2D eigenvalue weighted by atomic mass is 10.1. The van der Waals surface area contributed by atoms with Crippen LogP contribution in [0.2, 0.25) is 0 Å². The molecule has 0 amide bonds. The minimum absolute atomic E-state index is 0.932. The first-order valence-electron chi connectivity index (χ1n) is 7.67. The van der Waals surface area contributed by atoms with E-state index in [0.29, 0.717) is 0 Å². The van der Waals surface area contributed by atoms with E-state index in [4.69, 9.17) is 4.98 Å². The second kappa shape index (κ2) is 5.61. The third-order valence-corrected chi connectivity index (χ3v) is 3.89. The topological polar surface area (TPSA) is 29.3 Å². The molecule has 0 radical (unpaired) electrons. The van der Waals surface area contributed by atoms with Crippen LogP contribution in [0.25, 0.3) is 16.9 Å². The molecular formula is C20H17N3. The fourth-order valence-corrected chi connectivity index (χ4v) is 2.69. The zero-order chi connectivity index (χ0) is 15.6. The smallest absolute Gasteiger partial charge is 0.143 e. The maximum absolute atomic E-state index is 4.81. The van der Waals surface area contributed by atoms with E-state index in [0.717, 1.165) is 28.4 Å². The van der Waals surface area contributed by atoms with Gasteiger partial charge in [-0.3, -0.25) is 4.40 Å². The highest BCUT2D eigenvalue weighted by molar-refractivity contribution is 5.79. The van der Waals surface area contributed by atoms with Gasteiger partial charge in [-0.1, -0.05) is 54.1 Å². The van der Waals surface area contributed by atoms with Crippen LogP contribution in [-0.4, -0.2) is 9.38 Å². The van der Waals surface area contributed by atoms with E-state index >= 15 is 0 Å². The Bertz CT molecular complexity index is 938. The average molecular weight is 299 g/mol. The monoisotopic (exact) mass is 299 g/mol. The highest BCUT2D eigenvalue weighted by Gasteiger charge is 2.13. The number of para-hydroxylation sites is 1. The lowest BCUT2D eigenvalue weighted by molar-refractivity contribution is 1.18. The van der Waals surface area contributed by atoms with Crippen LogP contribution in [0.5, 0.6) is 0 Å². The molecule has 23 heavy (non-hydrogen) atoms. The molecule has 4 rings (SSSR count). The van der Waals surface area contributed by atoms with Crippen LogP contribution in [-0.2, 0) is 0 Å². The van der Waals surface area contributed by atoms with Gasteiger partial charge in [0.15, 0.2) is 0 Å². The molecule has 0 aliphatic heterocycles. The molecule has 0 spiro atoms. The van der Waals surface area contributed by atoms with Crippen molar-refractivity contribution in [3.05, 3.63) is 84.6 Å². The van der Waals surface area contributed by atoms with Gasteiger partial charge in [0, 0.05) is 17.4 Å². The Labute approximate surface area is 135 Å². The van der Waals surface area contributed by atoms with Crippen molar-refractivity contribution >= 4 is 17.2 Å². The molecule has 0 fully saturated rings. The molecule has 112 valence electrons. The Kier molecular flexibility index (Phi) is 3.31. The number of rotatable bonds is 3. The van der Waals surface area contributed by atoms with Gasteiger partial charge in [0.2, 0.25) is 0 Å². The Balaban J connectivity index is 1.89. The number of pyridine rings is 1. The zero-order valence-electron chi connectivity index (χ0n) is 12.9. The first-order chi connectivity index (χ1) is 11.3. The van der Waals surface area contributed by atoms with E-state index in [9.17, 15) is 0 Å². The van der Waals surface area contributed by atoms with Gasteiger partial charge >= 0.3 is 0 Å². The van der Waals surface area contributed by atoms with Gasteiger partial charge in [0.05, 0.1) is 0 Å². The van der Waals surface area contributed by atoms with Crippen molar-refractivity contribution in [2.45, 2.75) is 6.92 Å². The van der Waals surface area contributed by atoms with Gasteiger partial charge in [-0.25, -0.2) is 4.98 Å². The van der Waals surface area contributed by atoms with Crippen LogP contribution in [0.15, 0.2) is 79.0 Å². The summed E-state index contributed by atoms with van der Waals surface area (Å²) in [7, 11) is 0. The third kappa shape index (κ3) is 2.57. The Morgan fingerprint density at radius 1 is 0.826 bits per heavy atom. The Morgan fingerprint density at radius 2 is 1.57 bits per heavy atom. The molecule has 2 aromatic carbocycles. The lowest BCUT2D eigenvalue weighted by Gasteiger charge is -2.09. The summed E-state index contributed by atoms with van der Waals surface area (Å²) >= 11 is 0. The summed E-state index contributed by atoms with van der Waals surface area (Å²) in [6, 6.07) is 24.7. The average Bonchev–Trinajstić information content (AvgIpc) is 2.95. The molecular weight excluding hydrogens is 282 g/mol. The SMILES string of the molecule is Cc1ccc(-c2nc3ccccn3c2Nc2ccccc2)cc1. The van der Waals surface area contributed by atoms with Crippen LogP contribution in [0.4, 0.5) is 11.5 Å². The minimum Gasteiger partial charge on any atom is -0.339 e. The molecule has 0 atom stereocenters. The molecule has 2 aromatic heterocycles. The zero-order valence-corrected chi connectivity index (χ0v) is 12.9. The quantitative estimate of drug-likeness (QED) is 0.573. The Hall–Kier alpha value is -3.07. The molecule has 0 aliphatic rings. The van der Waals surface area contributed by atoms with Crippen LogP contribution in [0.3, 0.4) is 0 Å². The number of nitrogens with one attached hydrogen (secondary N) is 1. The number of nitrogens with zero attached hydrogens (tertiary/aromatic N) is 2. The molecule has 2 heterocycles. The van der Waals surface area contributed by atoms with Gasteiger partial charge in [-0.05, 0) is 31.2 Å². The van der Waals surface area contributed by atoms with Gasteiger partial charge in [0.1, 0.15) is 17.2 Å². The van der Waals surface area contributed by atoms with Crippen molar-refractivity contribution in [3.63, 3.8) is 0 Å². The standard InChI is InChI=1S/C20H17N3/c1-15-10-12-16(13-11-15)19-20(21-17-7-3-2-4-8-17)23-14-6-5-9-18(23)22-19/h2-14,21H,1H3. The van der Waals surface area contributed by atoms with E-state index in [1.807, 2.05) is 42.6 Å². The normalized spacial score (nSPS) is 10.8. The van der Waals surface area contributed by atoms with Crippen LogP contribution < -0.4 is 5.32 Å². The van der Waals surface area contributed by atoms with Crippen molar-refractivity contribution in [3.8, 4) is 11.3 Å². The minimum atomic E-state index is 0.932. The van der Waals surface area contributed by atoms with Gasteiger partial charge in [0.25, 0.3) is 0 Å². The molecule has 1 N–H and O–H groups in total. The summed E-state index contributed by atoms with van der Waals surface area (Å²) in [6.07, 6.45) is 2.03. The highest BCUT2D eigenvalue weighted by Crippen LogP contribution is 2.31. The molecule has 0 bridgehead atoms. The molecule has 0 saturated heterocycles. The number of aryl methyl sites for hydroxylation is 1. The van der Waals surface area contributed by atoms with E-state index in [-0.39, 0.29) is 0 Å². The number of hydrogen-bond donors (Lipinski definition) is 1. The van der Waals surface area contributed by atoms with Crippen LogP contribution in [0.1, 0.15) is 5.56 Å². The number of hydrogen-bond acceptors (Lipinski definition) is 2. The summed E-state index contributed by atoms with van der Waals surface area (Å²) < 4.78 is 2.09. The predicted octanol–water partition coefficient (Wildman–Crippen LogP) is 5.05. The maximum Gasteiger partial charge on any atom is 0.143 e.